The fraction of sp³-hybridized carbons (Fsp3) is 0.333. The van der Waals surface area contributed by atoms with E-state index in [1.165, 1.54) is 0 Å². The Morgan fingerprint density at radius 1 is 1.03 bits per heavy atom. The number of morpholine rings is 1. The van der Waals surface area contributed by atoms with E-state index in [2.05, 4.69) is 4.90 Å². The molecule has 2 fully saturated rings. The summed E-state index contributed by atoms with van der Waals surface area (Å²) in [5.74, 6) is -1.44. The van der Waals surface area contributed by atoms with Gasteiger partial charge in [0, 0.05) is 36.8 Å². The summed E-state index contributed by atoms with van der Waals surface area (Å²) in [5, 5.41) is 11.6. The number of nitrogens with zero attached hydrogens (tertiary/aromatic N) is 2. The van der Waals surface area contributed by atoms with Gasteiger partial charge < -0.3 is 14.7 Å². The highest BCUT2D eigenvalue weighted by Crippen LogP contribution is 2.39. The first-order valence-corrected chi connectivity index (χ1v) is 10.7. The van der Waals surface area contributed by atoms with Crippen molar-refractivity contribution in [1.29, 1.82) is 0 Å². The van der Waals surface area contributed by atoms with Crippen molar-refractivity contribution in [2.45, 2.75) is 13.0 Å². The van der Waals surface area contributed by atoms with Gasteiger partial charge in [-0.1, -0.05) is 41.4 Å². The number of likely N-dealkylation sites (tertiary alicyclic amines) is 1. The second-order valence-electron chi connectivity index (χ2n) is 7.86. The number of hydrogen-bond acceptors (Lipinski definition) is 5. The number of aliphatic hydroxyl groups is 1. The monoisotopic (exact) mass is 440 g/mol. The number of rotatable bonds is 5. The van der Waals surface area contributed by atoms with Crippen LogP contribution in [-0.4, -0.2) is 66.0 Å². The first kappa shape index (κ1) is 21.6. The molecule has 2 aromatic carbocycles. The van der Waals surface area contributed by atoms with Gasteiger partial charge in [-0.25, -0.2) is 0 Å². The fourth-order valence-corrected chi connectivity index (χ4v) is 4.17. The largest absolute Gasteiger partial charge is 0.507 e. The highest BCUT2D eigenvalue weighted by atomic mass is 35.5. The molecule has 2 aromatic rings. The zero-order valence-corrected chi connectivity index (χ0v) is 18.1. The maximum absolute atomic E-state index is 13.0. The van der Waals surface area contributed by atoms with E-state index in [4.69, 9.17) is 16.3 Å². The molecule has 4 rings (SSSR count). The number of aliphatic hydroxyl groups excluding tert-OH is 1. The predicted molar refractivity (Wildman–Crippen MR) is 119 cm³/mol. The molecule has 0 aromatic heterocycles. The average molecular weight is 441 g/mol. The van der Waals surface area contributed by atoms with E-state index in [1.54, 1.807) is 29.2 Å². The van der Waals surface area contributed by atoms with Crippen molar-refractivity contribution in [2.75, 3.05) is 39.4 Å². The molecule has 7 heteroatoms. The van der Waals surface area contributed by atoms with Gasteiger partial charge in [-0.3, -0.25) is 14.5 Å². The van der Waals surface area contributed by atoms with E-state index >= 15 is 0 Å². The Labute approximate surface area is 186 Å². The summed E-state index contributed by atoms with van der Waals surface area (Å²) in [6, 6.07) is 13.6. The molecule has 0 unspecified atom stereocenters. The predicted octanol–water partition coefficient (Wildman–Crippen LogP) is 3.40. The number of benzene rings is 2. The van der Waals surface area contributed by atoms with E-state index in [0.717, 1.165) is 24.2 Å². The van der Waals surface area contributed by atoms with E-state index in [1.807, 2.05) is 31.2 Å². The summed E-state index contributed by atoms with van der Waals surface area (Å²) in [6.07, 6.45) is 0. The van der Waals surface area contributed by atoms with Gasteiger partial charge in [0.05, 0.1) is 24.8 Å². The lowest BCUT2D eigenvalue weighted by molar-refractivity contribution is -0.140. The molecule has 1 N–H and O–H groups in total. The molecule has 0 spiro atoms. The highest BCUT2D eigenvalue weighted by molar-refractivity contribution is 6.46. The van der Waals surface area contributed by atoms with E-state index in [9.17, 15) is 14.7 Å². The van der Waals surface area contributed by atoms with Gasteiger partial charge in [-0.2, -0.15) is 0 Å². The first-order valence-electron chi connectivity index (χ1n) is 10.4. The zero-order valence-electron chi connectivity index (χ0n) is 17.4. The fourth-order valence-electron chi connectivity index (χ4n) is 4.04. The van der Waals surface area contributed by atoms with Crippen LogP contribution in [-0.2, 0) is 14.3 Å². The van der Waals surface area contributed by atoms with Crippen molar-refractivity contribution in [3.8, 4) is 0 Å². The van der Waals surface area contributed by atoms with Crippen LogP contribution in [0, 0.1) is 6.92 Å². The molecule has 6 nitrogen and oxygen atoms in total. The molecule has 2 aliphatic rings. The molecular weight excluding hydrogens is 416 g/mol. The molecule has 0 saturated carbocycles. The standard InChI is InChI=1S/C24H25ClN2O4/c1-16-2-4-17(5-3-16)21-20(22(28)18-6-8-19(25)9-7-18)23(29)24(30)27(21)11-10-26-12-14-31-15-13-26/h2-9,21,28H,10-15H2,1H3/b22-20+/t21-/m0/s1. The SMILES string of the molecule is Cc1ccc([C@H]2/C(=C(\O)c3ccc(Cl)cc3)C(=O)C(=O)N2CCN2CCOCC2)cc1. The first-order chi connectivity index (χ1) is 15.0. The van der Waals surface area contributed by atoms with Crippen LogP contribution in [0.3, 0.4) is 0 Å². The van der Waals surface area contributed by atoms with Crippen LogP contribution in [0.4, 0.5) is 0 Å². The van der Waals surface area contributed by atoms with Crippen LogP contribution in [0.5, 0.6) is 0 Å². The highest BCUT2D eigenvalue weighted by Gasteiger charge is 2.46. The topological polar surface area (TPSA) is 70.1 Å². The zero-order chi connectivity index (χ0) is 22.0. The Morgan fingerprint density at radius 2 is 1.68 bits per heavy atom. The normalized spacial score (nSPS) is 21.6. The molecule has 2 heterocycles. The molecule has 162 valence electrons. The second kappa shape index (κ2) is 9.22. The Hall–Kier alpha value is -2.67. The van der Waals surface area contributed by atoms with Crippen LogP contribution in [0.1, 0.15) is 22.7 Å². The maximum atomic E-state index is 13.0. The van der Waals surface area contributed by atoms with Gasteiger partial charge in [0.25, 0.3) is 11.7 Å². The molecule has 0 radical (unpaired) electrons. The quantitative estimate of drug-likeness (QED) is 0.438. The second-order valence-corrected chi connectivity index (χ2v) is 8.30. The summed E-state index contributed by atoms with van der Waals surface area (Å²) in [4.78, 5) is 29.8. The summed E-state index contributed by atoms with van der Waals surface area (Å²) in [7, 11) is 0. The third-order valence-electron chi connectivity index (χ3n) is 5.81. The molecule has 1 amide bonds. The lowest BCUT2D eigenvalue weighted by atomic mass is 9.95. The van der Waals surface area contributed by atoms with Gasteiger partial charge >= 0.3 is 0 Å². The number of Topliss-reactive ketones (excluding diaryl/α,β-unsaturated/α-hetero) is 1. The van der Waals surface area contributed by atoms with Crippen molar-refractivity contribution < 1.29 is 19.4 Å². The summed E-state index contributed by atoms with van der Waals surface area (Å²) < 4.78 is 5.39. The number of carbonyl (C=O) groups excluding carboxylic acids is 2. The lowest BCUT2D eigenvalue weighted by Crippen LogP contribution is -2.42. The number of ketones is 1. The lowest BCUT2D eigenvalue weighted by Gasteiger charge is -2.31. The molecule has 31 heavy (non-hydrogen) atoms. The van der Waals surface area contributed by atoms with Crippen molar-refractivity contribution in [1.82, 2.24) is 9.80 Å². The summed E-state index contributed by atoms with van der Waals surface area (Å²) >= 11 is 5.96. The Morgan fingerprint density at radius 3 is 2.32 bits per heavy atom. The maximum Gasteiger partial charge on any atom is 0.295 e. The number of hydrogen-bond donors (Lipinski definition) is 1. The summed E-state index contributed by atoms with van der Waals surface area (Å²) in [6.45, 7) is 5.93. The van der Waals surface area contributed by atoms with Gasteiger partial charge in [-0.05, 0) is 36.8 Å². The van der Waals surface area contributed by atoms with E-state index < -0.39 is 17.7 Å². The molecular formula is C24H25ClN2O4. The minimum atomic E-state index is -0.667. The van der Waals surface area contributed by atoms with Crippen LogP contribution >= 0.6 is 11.6 Å². The Kier molecular flexibility index (Phi) is 6.41. The van der Waals surface area contributed by atoms with Crippen LogP contribution in [0.2, 0.25) is 5.02 Å². The third kappa shape index (κ3) is 4.51. The van der Waals surface area contributed by atoms with Crippen LogP contribution in [0.15, 0.2) is 54.1 Å². The Balaban J connectivity index is 1.72. The van der Waals surface area contributed by atoms with E-state index in [0.29, 0.717) is 36.9 Å². The Bertz CT molecular complexity index is 995. The molecule has 2 saturated heterocycles. The smallest absolute Gasteiger partial charge is 0.295 e. The third-order valence-corrected chi connectivity index (χ3v) is 6.06. The molecule has 0 bridgehead atoms. The van der Waals surface area contributed by atoms with Crippen LogP contribution < -0.4 is 0 Å². The number of carbonyl (C=O) groups is 2. The summed E-state index contributed by atoms with van der Waals surface area (Å²) in [5.41, 5.74) is 2.43. The van der Waals surface area contributed by atoms with Gasteiger partial charge in [-0.15, -0.1) is 0 Å². The van der Waals surface area contributed by atoms with Gasteiger partial charge in [0.2, 0.25) is 0 Å². The molecule has 2 aliphatic heterocycles. The molecule has 1 atom stereocenters. The number of aryl methyl sites for hydroxylation is 1. The van der Waals surface area contributed by atoms with Crippen molar-refractivity contribution in [3.05, 3.63) is 75.8 Å². The van der Waals surface area contributed by atoms with E-state index in [-0.39, 0.29) is 11.3 Å². The van der Waals surface area contributed by atoms with Gasteiger partial charge in [0.15, 0.2) is 0 Å². The number of amides is 1. The minimum Gasteiger partial charge on any atom is -0.507 e. The van der Waals surface area contributed by atoms with Gasteiger partial charge in [0.1, 0.15) is 5.76 Å². The minimum absolute atomic E-state index is 0.109. The van der Waals surface area contributed by atoms with Crippen molar-refractivity contribution >= 4 is 29.1 Å². The van der Waals surface area contributed by atoms with Crippen LogP contribution in [0.25, 0.3) is 5.76 Å². The average Bonchev–Trinajstić information content (AvgIpc) is 3.04. The number of ether oxygens (including phenoxy) is 1. The molecule has 0 aliphatic carbocycles. The van der Waals surface area contributed by atoms with Crippen molar-refractivity contribution in [2.24, 2.45) is 0 Å². The van der Waals surface area contributed by atoms with Crippen molar-refractivity contribution in [3.63, 3.8) is 0 Å². The number of halogens is 1.